The minimum Gasteiger partial charge on any atom is -0.354 e. The highest BCUT2D eigenvalue weighted by molar-refractivity contribution is 6.21. The first-order valence-corrected chi connectivity index (χ1v) is 8.82. The fraction of sp³-hybridized carbons (Fsp3) is 0.0870. The van der Waals surface area contributed by atoms with Crippen molar-refractivity contribution in [1.82, 2.24) is 0 Å². The van der Waals surface area contributed by atoms with Crippen molar-refractivity contribution in [2.45, 2.75) is 0 Å². The van der Waals surface area contributed by atoms with Crippen molar-refractivity contribution in [3.05, 3.63) is 102 Å². The largest absolute Gasteiger partial charge is 0.354 e. The number of fused-ring (bicyclic) bond motifs is 1. The van der Waals surface area contributed by atoms with Gasteiger partial charge in [0, 0.05) is 22.4 Å². The van der Waals surface area contributed by atoms with E-state index >= 15 is 0 Å². The van der Waals surface area contributed by atoms with Crippen molar-refractivity contribution >= 4 is 23.1 Å². The second-order valence-corrected chi connectivity index (χ2v) is 6.38. The van der Waals surface area contributed by atoms with Crippen LogP contribution in [0.1, 0.15) is 21.5 Å². The van der Waals surface area contributed by atoms with E-state index in [1.165, 1.54) is 0 Å². The number of Topliss-reactive ketones (excluding diaryl/α,β-unsaturated/α-hetero) is 1. The van der Waals surface area contributed by atoms with E-state index in [2.05, 4.69) is 4.99 Å². The molecule has 1 aliphatic heterocycles. The number of rotatable bonds is 4. The second kappa shape index (κ2) is 7.38. The molecule has 3 aromatic rings. The van der Waals surface area contributed by atoms with E-state index in [1.807, 2.05) is 77.7 Å². The predicted octanol–water partition coefficient (Wildman–Crippen LogP) is 3.75. The van der Waals surface area contributed by atoms with Gasteiger partial charge in [-0.15, -0.1) is 0 Å². The topological polar surface area (TPSA) is 49.7 Å². The van der Waals surface area contributed by atoms with E-state index in [0.717, 1.165) is 16.8 Å². The monoisotopic (exact) mass is 354 g/mol. The van der Waals surface area contributed by atoms with Crippen molar-refractivity contribution in [2.24, 2.45) is 4.99 Å². The highest BCUT2D eigenvalue weighted by atomic mass is 16.2. The maximum Gasteiger partial charge on any atom is 0.265 e. The van der Waals surface area contributed by atoms with Crippen LogP contribution >= 0.6 is 0 Å². The van der Waals surface area contributed by atoms with Crippen LogP contribution in [0, 0.1) is 0 Å². The van der Waals surface area contributed by atoms with E-state index in [0.29, 0.717) is 11.3 Å². The molecule has 4 nitrogen and oxygen atoms in total. The minimum atomic E-state index is -0.258. The maximum atomic E-state index is 12.7. The molecular weight excluding hydrogens is 336 g/mol. The Kier molecular flexibility index (Phi) is 4.62. The molecule has 1 heterocycles. The van der Waals surface area contributed by atoms with Crippen LogP contribution in [-0.2, 0) is 4.79 Å². The molecule has 1 aliphatic rings. The highest BCUT2D eigenvalue weighted by Gasteiger charge is 2.24. The van der Waals surface area contributed by atoms with Gasteiger partial charge in [-0.2, -0.15) is 0 Å². The molecule has 132 valence electrons. The molecule has 0 atom stereocenters. The third-order valence-electron chi connectivity index (χ3n) is 4.54. The molecule has 0 radical (unpaired) electrons. The third-order valence-corrected chi connectivity index (χ3v) is 4.54. The van der Waals surface area contributed by atoms with Gasteiger partial charge in [-0.3, -0.25) is 9.59 Å². The summed E-state index contributed by atoms with van der Waals surface area (Å²) in [4.78, 5) is 31.4. The van der Waals surface area contributed by atoms with Crippen LogP contribution in [0.15, 0.2) is 89.9 Å². The summed E-state index contributed by atoms with van der Waals surface area (Å²) in [5.41, 5.74) is 3.86. The number of aliphatic imine (C=N–C) groups is 1. The smallest absolute Gasteiger partial charge is 0.265 e. The average Bonchev–Trinajstić information content (AvgIpc) is 2.86. The van der Waals surface area contributed by atoms with E-state index in [9.17, 15) is 9.59 Å². The summed E-state index contributed by atoms with van der Waals surface area (Å²) in [7, 11) is 0. The number of carbonyl (C=O) groups is 2. The molecule has 4 heteroatoms. The number of para-hydroxylation sites is 1. The lowest BCUT2D eigenvalue weighted by molar-refractivity contribution is -0.116. The molecule has 3 aromatic carbocycles. The fourth-order valence-corrected chi connectivity index (χ4v) is 3.26. The molecule has 0 bridgehead atoms. The molecule has 0 saturated heterocycles. The van der Waals surface area contributed by atoms with Crippen LogP contribution in [0.4, 0.5) is 5.69 Å². The first-order chi connectivity index (χ1) is 13.2. The summed E-state index contributed by atoms with van der Waals surface area (Å²) in [6, 6.07) is 26.5. The Hall–Kier alpha value is -3.53. The Bertz CT molecular complexity index is 1010. The summed E-state index contributed by atoms with van der Waals surface area (Å²) < 4.78 is 0. The van der Waals surface area contributed by atoms with Gasteiger partial charge < -0.3 is 4.90 Å². The van der Waals surface area contributed by atoms with Crippen molar-refractivity contribution in [1.29, 1.82) is 0 Å². The maximum absolute atomic E-state index is 12.7. The summed E-state index contributed by atoms with van der Waals surface area (Å²) in [6.45, 7) is 0.205. The molecular formula is C23H18N2O2. The van der Waals surface area contributed by atoms with Crippen molar-refractivity contribution < 1.29 is 9.59 Å². The number of anilines is 1. The second-order valence-electron chi connectivity index (χ2n) is 6.38. The number of ketones is 1. The first kappa shape index (κ1) is 16.9. The molecule has 1 amide bonds. The number of amides is 1. The lowest BCUT2D eigenvalue weighted by atomic mass is 10.00. The quantitative estimate of drug-likeness (QED) is 0.671. The van der Waals surface area contributed by atoms with Crippen LogP contribution < -0.4 is 4.90 Å². The molecule has 27 heavy (non-hydrogen) atoms. The summed E-state index contributed by atoms with van der Waals surface area (Å²) in [5, 5.41) is 0. The van der Waals surface area contributed by atoms with Gasteiger partial charge in [0.2, 0.25) is 0 Å². The zero-order valence-corrected chi connectivity index (χ0v) is 14.7. The van der Waals surface area contributed by atoms with Crippen LogP contribution in [0.25, 0.3) is 0 Å². The Morgan fingerprint density at radius 3 is 2.22 bits per heavy atom. The van der Waals surface area contributed by atoms with Gasteiger partial charge in [0.15, 0.2) is 5.78 Å². The van der Waals surface area contributed by atoms with E-state index in [-0.39, 0.29) is 24.8 Å². The molecule has 0 saturated carbocycles. The van der Waals surface area contributed by atoms with Crippen molar-refractivity contribution in [2.75, 3.05) is 18.0 Å². The summed E-state index contributed by atoms with van der Waals surface area (Å²) in [6.07, 6.45) is 0. The van der Waals surface area contributed by atoms with Gasteiger partial charge in [0.1, 0.15) is 0 Å². The van der Waals surface area contributed by atoms with Gasteiger partial charge in [0.05, 0.1) is 18.8 Å². The van der Waals surface area contributed by atoms with Gasteiger partial charge in [-0.25, -0.2) is 4.99 Å². The van der Waals surface area contributed by atoms with Gasteiger partial charge in [0.25, 0.3) is 5.91 Å². The Morgan fingerprint density at radius 2 is 1.48 bits per heavy atom. The van der Waals surface area contributed by atoms with Crippen LogP contribution in [0.5, 0.6) is 0 Å². The number of carbonyl (C=O) groups excluding carboxylic acids is 2. The van der Waals surface area contributed by atoms with Crippen LogP contribution in [0.3, 0.4) is 0 Å². The van der Waals surface area contributed by atoms with Gasteiger partial charge in [-0.1, -0.05) is 78.9 Å². The normalized spacial score (nSPS) is 13.6. The minimum absolute atomic E-state index is 0.0265. The Morgan fingerprint density at radius 1 is 0.852 bits per heavy atom. The Labute approximate surface area is 157 Å². The molecule has 0 N–H and O–H groups in total. The predicted molar refractivity (Wildman–Crippen MR) is 107 cm³/mol. The fourth-order valence-electron chi connectivity index (χ4n) is 3.26. The third kappa shape index (κ3) is 3.55. The highest BCUT2D eigenvalue weighted by Crippen LogP contribution is 2.26. The SMILES string of the molecule is O=C1CN(CC(=O)c2ccccc2)c2ccccc2C(c2ccccc2)=N1. The molecule has 0 aliphatic carbocycles. The number of nitrogens with zero attached hydrogens (tertiary/aromatic N) is 2. The lowest BCUT2D eigenvalue weighted by Gasteiger charge is -2.23. The summed E-state index contributed by atoms with van der Waals surface area (Å²) in [5.74, 6) is -0.285. The molecule has 0 spiro atoms. The average molecular weight is 354 g/mol. The number of hydrogen-bond donors (Lipinski definition) is 0. The Balaban J connectivity index is 1.73. The molecule has 0 fully saturated rings. The van der Waals surface area contributed by atoms with Crippen LogP contribution in [-0.4, -0.2) is 30.5 Å². The van der Waals surface area contributed by atoms with E-state index in [4.69, 9.17) is 0 Å². The van der Waals surface area contributed by atoms with Crippen molar-refractivity contribution in [3.63, 3.8) is 0 Å². The van der Waals surface area contributed by atoms with Crippen molar-refractivity contribution in [3.8, 4) is 0 Å². The lowest BCUT2D eigenvalue weighted by Crippen LogP contribution is -2.33. The number of hydrogen-bond acceptors (Lipinski definition) is 3. The van der Waals surface area contributed by atoms with Crippen LogP contribution in [0.2, 0.25) is 0 Å². The van der Waals surface area contributed by atoms with E-state index in [1.54, 1.807) is 12.1 Å². The summed E-state index contributed by atoms with van der Waals surface area (Å²) >= 11 is 0. The zero-order chi connectivity index (χ0) is 18.6. The zero-order valence-electron chi connectivity index (χ0n) is 14.7. The standard InChI is InChI=1S/C23H18N2O2/c26-21(17-9-3-1-4-10-17)15-25-16-22(27)24-23(18-11-5-2-6-12-18)19-13-7-8-14-20(19)25/h1-14H,15-16H2. The van der Waals surface area contributed by atoms with Gasteiger partial charge in [-0.05, 0) is 6.07 Å². The number of benzene rings is 3. The first-order valence-electron chi connectivity index (χ1n) is 8.82. The molecule has 0 unspecified atom stereocenters. The molecule has 0 aromatic heterocycles. The van der Waals surface area contributed by atoms with Gasteiger partial charge >= 0.3 is 0 Å². The number of benzodiazepines with no additional fused rings is 1. The molecule has 4 rings (SSSR count). The van der Waals surface area contributed by atoms with E-state index < -0.39 is 0 Å².